The van der Waals surface area contributed by atoms with Gasteiger partial charge in [0.15, 0.2) is 5.96 Å². The van der Waals surface area contributed by atoms with E-state index in [4.69, 9.17) is 5.73 Å². The molecule has 0 atom stereocenters. The number of aliphatic imine (C=N–C) groups is 1. The summed E-state index contributed by atoms with van der Waals surface area (Å²) in [5.41, 5.74) is 7.19. The Hall–Kier alpha value is -1.49. The van der Waals surface area contributed by atoms with Crippen LogP contribution in [0, 0.1) is 5.82 Å². The summed E-state index contributed by atoms with van der Waals surface area (Å²) in [5, 5.41) is 10.3. The predicted octanol–water partition coefficient (Wildman–Crippen LogP) is 3.23. The Morgan fingerprint density at radius 3 is 2.33 bits per heavy atom. The van der Waals surface area contributed by atoms with Crippen LogP contribution in [0.1, 0.15) is 30.8 Å². The third-order valence-corrected chi connectivity index (χ3v) is 5.61. The van der Waals surface area contributed by atoms with Crippen LogP contribution in [0.5, 0.6) is 0 Å². The van der Waals surface area contributed by atoms with E-state index in [9.17, 15) is 4.39 Å². The van der Waals surface area contributed by atoms with Gasteiger partial charge in [-0.1, -0.05) is 32.1 Å². The Morgan fingerprint density at radius 2 is 1.78 bits per heavy atom. The molecule has 0 saturated carbocycles. The van der Waals surface area contributed by atoms with Crippen LogP contribution in [0.15, 0.2) is 29.3 Å². The van der Waals surface area contributed by atoms with E-state index in [0.29, 0.717) is 12.5 Å². The highest BCUT2D eigenvalue weighted by atomic mass is 127. The minimum atomic E-state index is -0.213. The first-order valence-electron chi connectivity index (χ1n) is 8.71. The number of guanidine groups is 1. The molecule has 1 aromatic heterocycles. The monoisotopic (exact) mass is 504 g/mol. The molecule has 0 spiro atoms. The molecular formula is C18H26FIN6S. The molecule has 27 heavy (non-hydrogen) atoms. The number of benzene rings is 1. The number of rotatable bonds is 3. The maximum absolute atomic E-state index is 13.0. The van der Waals surface area contributed by atoms with Gasteiger partial charge in [0, 0.05) is 37.3 Å². The van der Waals surface area contributed by atoms with Gasteiger partial charge in [0.25, 0.3) is 0 Å². The molecule has 1 aromatic carbocycles. The lowest BCUT2D eigenvalue weighted by Crippen LogP contribution is -2.51. The van der Waals surface area contributed by atoms with Crippen molar-refractivity contribution in [3.05, 3.63) is 40.1 Å². The molecule has 0 aliphatic carbocycles. The molecule has 1 aliphatic heterocycles. The Labute approximate surface area is 180 Å². The Morgan fingerprint density at radius 1 is 1.15 bits per heavy atom. The van der Waals surface area contributed by atoms with E-state index >= 15 is 0 Å². The van der Waals surface area contributed by atoms with Gasteiger partial charge in [-0.25, -0.2) is 9.38 Å². The summed E-state index contributed by atoms with van der Waals surface area (Å²) in [6.45, 7) is 10.0. The van der Waals surface area contributed by atoms with Crippen molar-refractivity contribution in [2.24, 2.45) is 10.7 Å². The van der Waals surface area contributed by atoms with Crippen LogP contribution in [0.3, 0.4) is 0 Å². The summed E-state index contributed by atoms with van der Waals surface area (Å²) in [6.07, 6.45) is 0. The van der Waals surface area contributed by atoms with Gasteiger partial charge < -0.3 is 15.5 Å². The second-order valence-electron chi connectivity index (χ2n) is 7.38. The highest BCUT2D eigenvalue weighted by Gasteiger charge is 2.20. The van der Waals surface area contributed by atoms with Crippen LogP contribution in [0.25, 0.3) is 0 Å². The van der Waals surface area contributed by atoms with E-state index in [0.717, 1.165) is 41.9 Å². The lowest BCUT2D eigenvalue weighted by molar-refractivity contribution is 0.380. The van der Waals surface area contributed by atoms with Crippen molar-refractivity contribution in [1.82, 2.24) is 15.1 Å². The standard InChI is InChI=1S/C18H25FN6S.HI/c1-18(2,3)16-23-22-15(26-16)12-21-17(20)25-10-8-24(9-11-25)14-6-4-13(19)5-7-14;/h4-7H,8-12H2,1-3H3,(H2,20,21);1H. The minimum Gasteiger partial charge on any atom is -0.370 e. The van der Waals surface area contributed by atoms with Crippen LogP contribution >= 0.6 is 35.3 Å². The maximum Gasteiger partial charge on any atom is 0.191 e. The topological polar surface area (TPSA) is 70.6 Å². The highest BCUT2D eigenvalue weighted by molar-refractivity contribution is 14.0. The second kappa shape index (κ2) is 9.13. The molecule has 9 heteroatoms. The number of nitrogens with zero attached hydrogens (tertiary/aromatic N) is 5. The Bertz CT molecular complexity index is 763. The summed E-state index contributed by atoms with van der Waals surface area (Å²) in [6, 6.07) is 6.60. The Balaban J connectivity index is 0.00000261. The SMILES string of the molecule is CC(C)(C)c1nnc(CN=C(N)N2CCN(c3ccc(F)cc3)CC2)s1.I. The lowest BCUT2D eigenvalue weighted by atomic mass is 9.98. The average Bonchev–Trinajstić information content (AvgIpc) is 3.10. The summed E-state index contributed by atoms with van der Waals surface area (Å²) in [5.74, 6) is 0.325. The highest BCUT2D eigenvalue weighted by Crippen LogP contribution is 2.25. The van der Waals surface area contributed by atoms with Crippen molar-refractivity contribution < 1.29 is 4.39 Å². The average molecular weight is 504 g/mol. The van der Waals surface area contributed by atoms with Crippen LogP contribution in [0.4, 0.5) is 10.1 Å². The van der Waals surface area contributed by atoms with Gasteiger partial charge in [0.05, 0.1) is 6.54 Å². The molecule has 1 aliphatic rings. The molecule has 0 bridgehead atoms. The first kappa shape index (κ1) is 21.8. The fourth-order valence-electron chi connectivity index (χ4n) is 2.71. The summed E-state index contributed by atoms with van der Waals surface area (Å²) < 4.78 is 13.0. The lowest BCUT2D eigenvalue weighted by Gasteiger charge is -2.36. The fraction of sp³-hybridized carbons (Fsp3) is 0.500. The van der Waals surface area contributed by atoms with Gasteiger partial charge in [0.1, 0.15) is 15.8 Å². The van der Waals surface area contributed by atoms with Gasteiger partial charge in [-0.05, 0) is 24.3 Å². The van der Waals surface area contributed by atoms with Crippen LogP contribution in [0.2, 0.25) is 0 Å². The first-order chi connectivity index (χ1) is 12.3. The molecule has 2 aromatic rings. The molecule has 0 amide bonds. The molecule has 2 N–H and O–H groups in total. The smallest absolute Gasteiger partial charge is 0.191 e. The second-order valence-corrected chi connectivity index (χ2v) is 8.44. The fourth-order valence-corrected chi connectivity index (χ4v) is 3.54. The van der Waals surface area contributed by atoms with E-state index < -0.39 is 0 Å². The molecular weight excluding hydrogens is 478 g/mol. The van der Waals surface area contributed by atoms with Gasteiger partial charge in [-0.15, -0.1) is 34.2 Å². The number of nitrogens with two attached hydrogens (primary N) is 1. The third-order valence-electron chi connectivity index (χ3n) is 4.28. The van der Waals surface area contributed by atoms with Crippen molar-refractivity contribution in [2.45, 2.75) is 32.7 Å². The number of hydrogen-bond donors (Lipinski definition) is 1. The Kier molecular flexibility index (Phi) is 7.38. The first-order valence-corrected chi connectivity index (χ1v) is 9.53. The van der Waals surface area contributed by atoms with E-state index in [1.54, 1.807) is 11.3 Å². The summed E-state index contributed by atoms with van der Waals surface area (Å²) in [4.78, 5) is 8.78. The number of hydrogen-bond acceptors (Lipinski definition) is 5. The number of anilines is 1. The predicted molar refractivity (Wildman–Crippen MR) is 120 cm³/mol. The van der Waals surface area contributed by atoms with E-state index in [1.165, 1.54) is 12.1 Å². The van der Waals surface area contributed by atoms with Gasteiger partial charge in [-0.2, -0.15) is 0 Å². The maximum atomic E-state index is 13.0. The number of piperazine rings is 1. The molecule has 2 heterocycles. The van der Waals surface area contributed by atoms with Crippen molar-refractivity contribution in [3.8, 4) is 0 Å². The van der Waals surface area contributed by atoms with E-state index in [-0.39, 0.29) is 35.2 Å². The van der Waals surface area contributed by atoms with E-state index in [2.05, 4.69) is 45.8 Å². The minimum absolute atomic E-state index is 0. The third kappa shape index (κ3) is 5.74. The van der Waals surface area contributed by atoms with Crippen molar-refractivity contribution in [2.75, 3.05) is 31.1 Å². The van der Waals surface area contributed by atoms with Crippen molar-refractivity contribution in [1.29, 1.82) is 0 Å². The molecule has 3 rings (SSSR count). The quantitative estimate of drug-likeness (QED) is 0.395. The normalized spacial score (nSPS) is 15.6. The number of halogens is 2. The van der Waals surface area contributed by atoms with Gasteiger partial charge in [0.2, 0.25) is 0 Å². The zero-order valence-corrected chi connectivity index (χ0v) is 19.0. The largest absolute Gasteiger partial charge is 0.370 e. The molecule has 0 radical (unpaired) electrons. The number of aromatic nitrogens is 2. The van der Waals surface area contributed by atoms with Crippen LogP contribution < -0.4 is 10.6 Å². The molecule has 148 valence electrons. The summed E-state index contributed by atoms with van der Waals surface area (Å²) >= 11 is 1.59. The zero-order chi connectivity index (χ0) is 18.7. The molecule has 1 fully saturated rings. The van der Waals surface area contributed by atoms with E-state index in [1.807, 2.05) is 12.1 Å². The summed E-state index contributed by atoms with van der Waals surface area (Å²) in [7, 11) is 0. The van der Waals surface area contributed by atoms with Gasteiger partial charge in [-0.3, -0.25) is 0 Å². The van der Waals surface area contributed by atoms with Crippen LogP contribution in [-0.2, 0) is 12.0 Å². The van der Waals surface area contributed by atoms with Crippen molar-refractivity contribution >= 4 is 47.0 Å². The van der Waals surface area contributed by atoms with Crippen molar-refractivity contribution in [3.63, 3.8) is 0 Å². The molecule has 6 nitrogen and oxygen atoms in total. The molecule has 1 saturated heterocycles. The van der Waals surface area contributed by atoms with Gasteiger partial charge >= 0.3 is 0 Å². The molecule has 0 unspecified atom stereocenters. The zero-order valence-electron chi connectivity index (χ0n) is 15.9. The van der Waals surface area contributed by atoms with Crippen LogP contribution in [-0.4, -0.2) is 47.2 Å².